The number of halogens is 1. The average molecular weight is 393 g/mol. The number of likely N-dealkylation sites (tertiary alicyclic amines) is 1. The van der Waals surface area contributed by atoms with E-state index in [4.69, 9.17) is 4.74 Å². The molecule has 0 saturated carbocycles. The van der Waals surface area contributed by atoms with Crippen molar-refractivity contribution in [2.75, 3.05) is 18.4 Å². The SMILES string of the molecule is CC(C)OC(=O)N1CCC(Nc2ncnc3ccc(Br)cc23)CC1. The molecule has 7 heteroatoms. The van der Waals surface area contributed by atoms with Gasteiger partial charge in [-0.15, -0.1) is 0 Å². The van der Waals surface area contributed by atoms with E-state index in [1.807, 2.05) is 32.0 Å². The molecule has 3 rings (SSSR count). The van der Waals surface area contributed by atoms with Gasteiger partial charge in [0.25, 0.3) is 0 Å². The third-order valence-electron chi connectivity index (χ3n) is 4.03. The number of nitrogens with zero attached hydrogens (tertiary/aromatic N) is 3. The normalized spacial score (nSPS) is 15.8. The Morgan fingerprint density at radius 2 is 2.08 bits per heavy atom. The number of hydrogen-bond donors (Lipinski definition) is 1. The number of amides is 1. The number of hydrogen-bond acceptors (Lipinski definition) is 5. The van der Waals surface area contributed by atoms with E-state index < -0.39 is 0 Å². The van der Waals surface area contributed by atoms with Crippen LogP contribution in [0.4, 0.5) is 10.6 Å². The van der Waals surface area contributed by atoms with Gasteiger partial charge in [-0.1, -0.05) is 15.9 Å². The minimum absolute atomic E-state index is 0.0841. The molecule has 0 aliphatic carbocycles. The lowest BCUT2D eigenvalue weighted by atomic mass is 10.1. The number of rotatable bonds is 3. The number of benzene rings is 1. The largest absolute Gasteiger partial charge is 0.447 e. The second-order valence-corrected chi connectivity index (χ2v) is 7.14. The smallest absolute Gasteiger partial charge is 0.410 e. The van der Waals surface area contributed by atoms with Crippen molar-refractivity contribution in [1.82, 2.24) is 14.9 Å². The highest BCUT2D eigenvalue weighted by molar-refractivity contribution is 9.10. The molecular formula is C17H21BrN4O2. The number of fused-ring (bicyclic) bond motifs is 1. The molecule has 1 aromatic carbocycles. The summed E-state index contributed by atoms with van der Waals surface area (Å²) >= 11 is 3.49. The predicted octanol–water partition coefficient (Wildman–Crippen LogP) is 3.81. The molecule has 0 bridgehead atoms. The van der Waals surface area contributed by atoms with Crippen molar-refractivity contribution in [1.29, 1.82) is 0 Å². The van der Waals surface area contributed by atoms with Crippen molar-refractivity contribution in [3.05, 3.63) is 29.0 Å². The van der Waals surface area contributed by atoms with Crippen LogP contribution in [0.15, 0.2) is 29.0 Å². The zero-order chi connectivity index (χ0) is 17.1. The topological polar surface area (TPSA) is 67.3 Å². The standard InChI is InChI=1S/C17H21BrN4O2/c1-11(2)24-17(23)22-7-5-13(6-8-22)21-16-14-9-12(18)3-4-15(14)19-10-20-16/h3-4,9-11,13H,5-8H2,1-2H3,(H,19,20,21). The van der Waals surface area contributed by atoms with Gasteiger partial charge in [0.1, 0.15) is 12.1 Å². The van der Waals surface area contributed by atoms with E-state index in [9.17, 15) is 4.79 Å². The summed E-state index contributed by atoms with van der Waals surface area (Å²) in [5.74, 6) is 0.838. The molecule has 6 nitrogen and oxygen atoms in total. The van der Waals surface area contributed by atoms with Gasteiger partial charge in [-0.2, -0.15) is 0 Å². The molecule has 2 aromatic rings. The predicted molar refractivity (Wildman–Crippen MR) is 97.1 cm³/mol. The fourth-order valence-electron chi connectivity index (χ4n) is 2.82. The number of carbonyl (C=O) groups is 1. The molecule has 1 aromatic heterocycles. The van der Waals surface area contributed by atoms with Crippen LogP contribution in [-0.4, -0.2) is 46.2 Å². The average Bonchev–Trinajstić information content (AvgIpc) is 2.55. The highest BCUT2D eigenvalue weighted by Crippen LogP contribution is 2.25. The monoisotopic (exact) mass is 392 g/mol. The second kappa shape index (κ2) is 7.34. The van der Waals surface area contributed by atoms with Crippen molar-refractivity contribution < 1.29 is 9.53 Å². The summed E-state index contributed by atoms with van der Waals surface area (Å²) in [7, 11) is 0. The zero-order valence-electron chi connectivity index (χ0n) is 13.8. The van der Waals surface area contributed by atoms with E-state index in [-0.39, 0.29) is 18.2 Å². The van der Waals surface area contributed by atoms with Gasteiger partial charge in [-0.25, -0.2) is 14.8 Å². The third kappa shape index (κ3) is 3.95. The molecule has 1 N–H and O–H groups in total. The summed E-state index contributed by atoms with van der Waals surface area (Å²) in [5, 5.41) is 4.49. The van der Waals surface area contributed by atoms with E-state index >= 15 is 0 Å². The lowest BCUT2D eigenvalue weighted by Crippen LogP contribution is -2.43. The molecule has 0 radical (unpaired) electrons. The van der Waals surface area contributed by atoms with Crippen molar-refractivity contribution in [3.8, 4) is 0 Å². The maximum atomic E-state index is 11.9. The zero-order valence-corrected chi connectivity index (χ0v) is 15.4. The molecule has 1 saturated heterocycles. The van der Waals surface area contributed by atoms with Gasteiger partial charge >= 0.3 is 6.09 Å². The van der Waals surface area contributed by atoms with Crippen LogP contribution in [0.25, 0.3) is 10.9 Å². The number of nitrogens with one attached hydrogen (secondary N) is 1. The van der Waals surface area contributed by atoms with Crippen LogP contribution in [-0.2, 0) is 4.74 Å². The summed E-state index contributed by atoms with van der Waals surface area (Å²) in [6.45, 7) is 5.11. The Morgan fingerprint density at radius 1 is 1.33 bits per heavy atom. The van der Waals surface area contributed by atoms with Crippen molar-refractivity contribution in [2.24, 2.45) is 0 Å². The van der Waals surface area contributed by atoms with Crippen molar-refractivity contribution in [2.45, 2.75) is 38.8 Å². The second-order valence-electron chi connectivity index (χ2n) is 6.22. The molecule has 2 heterocycles. The Kier molecular flexibility index (Phi) is 5.18. The number of aromatic nitrogens is 2. The van der Waals surface area contributed by atoms with Gasteiger partial charge in [0.05, 0.1) is 11.6 Å². The van der Waals surface area contributed by atoms with Gasteiger partial charge in [0.15, 0.2) is 0 Å². The van der Waals surface area contributed by atoms with Crippen molar-refractivity contribution >= 4 is 38.7 Å². The summed E-state index contributed by atoms with van der Waals surface area (Å²) in [5.41, 5.74) is 0.911. The first-order chi connectivity index (χ1) is 11.5. The van der Waals surface area contributed by atoms with Gasteiger partial charge in [-0.3, -0.25) is 0 Å². The summed E-state index contributed by atoms with van der Waals surface area (Å²) < 4.78 is 6.25. The Hall–Kier alpha value is -1.89. The van der Waals surface area contributed by atoms with Gasteiger partial charge in [0, 0.05) is 29.0 Å². The number of anilines is 1. The quantitative estimate of drug-likeness (QED) is 0.859. The van der Waals surface area contributed by atoms with E-state index in [1.165, 1.54) is 0 Å². The number of piperidine rings is 1. The van der Waals surface area contributed by atoms with Crippen LogP contribution in [0.5, 0.6) is 0 Å². The Bertz CT molecular complexity index is 730. The maximum Gasteiger partial charge on any atom is 0.410 e. The van der Waals surface area contributed by atoms with Crippen LogP contribution in [0, 0.1) is 0 Å². The van der Waals surface area contributed by atoms with Gasteiger partial charge < -0.3 is 15.0 Å². The molecular weight excluding hydrogens is 372 g/mol. The molecule has 0 atom stereocenters. The molecule has 128 valence electrons. The summed E-state index contributed by atoms with van der Waals surface area (Å²) in [6, 6.07) is 6.24. The highest BCUT2D eigenvalue weighted by atomic mass is 79.9. The highest BCUT2D eigenvalue weighted by Gasteiger charge is 2.24. The van der Waals surface area contributed by atoms with Gasteiger partial charge in [-0.05, 0) is 44.9 Å². The van der Waals surface area contributed by atoms with Crippen molar-refractivity contribution in [3.63, 3.8) is 0 Å². The fraction of sp³-hybridized carbons (Fsp3) is 0.471. The Labute approximate surface area is 149 Å². The Morgan fingerprint density at radius 3 is 2.79 bits per heavy atom. The number of carbonyl (C=O) groups excluding carboxylic acids is 1. The van der Waals surface area contributed by atoms with Crippen LogP contribution in [0.1, 0.15) is 26.7 Å². The molecule has 24 heavy (non-hydrogen) atoms. The van der Waals surface area contributed by atoms with E-state index in [0.29, 0.717) is 13.1 Å². The molecule has 0 spiro atoms. The molecule has 1 aliphatic rings. The van der Waals surface area contributed by atoms with Crippen LogP contribution in [0.3, 0.4) is 0 Å². The lowest BCUT2D eigenvalue weighted by Gasteiger charge is -2.32. The van der Waals surface area contributed by atoms with Crippen LogP contribution >= 0.6 is 15.9 Å². The van der Waals surface area contributed by atoms with E-state index in [1.54, 1.807) is 11.2 Å². The summed E-state index contributed by atoms with van der Waals surface area (Å²) in [6.07, 6.45) is 3.01. The van der Waals surface area contributed by atoms with E-state index in [2.05, 4.69) is 31.2 Å². The fourth-order valence-corrected chi connectivity index (χ4v) is 3.18. The molecule has 0 unspecified atom stereocenters. The molecule has 1 aliphatic heterocycles. The van der Waals surface area contributed by atoms with Crippen LogP contribution < -0.4 is 5.32 Å². The Balaban J connectivity index is 1.64. The first-order valence-electron chi connectivity index (χ1n) is 8.15. The molecule has 1 fully saturated rings. The lowest BCUT2D eigenvalue weighted by molar-refractivity contribution is 0.0701. The molecule has 1 amide bonds. The minimum Gasteiger partial charge on any atom is -0.447 e. The minimum atomic E-state index is -0.222. The van der Waals surface area contributed by atoms with Crippen LogP contribution in [0.2, 0.25) is 0 Å². The maximum absolute atomic E-state index is 11.9. The first-order valence-corrected chi connectivity index (χ1v) is 8.94. The van der Waals surface area contributed by atoms with Gasteiger partial charge in [0.2, 0.25) is 0 Å². The number of ether oxygens (including phenoxy) is 1. The third-order valence-corrected chi connectivity index (χ3v) is 4.52. The van der Waals surface area contributed by atoms with E-state index in [0.717, 1.165) is 34.0 Å². The first kappa shape index (κ1) is 17.0. The summed E-state index contributed by atoms with van der Waals surface area (Å²) in [4.78, 5) is 22.4.